The zero-order valence-electron chi connectivity index (χ0n) is 15.7. The van der Waals surface area contributed by atoms with Gasteiger partial charge in [-0.3, -0.25) is 4.90 Å². The maximum absolute atomic E-state index is 13.2. The summed E-state index contributed by atoms with van der Waals surface area (Å²) in [6, 6.07) is 17.2. The van der Waals surface area contributed by atoms with Crippen molar-refractivity contribution in [3.8, 4) is 5.69 Å². The highest BCUT2D eigenvalue weighted by Gasteiger charge is 2.18. The molecule has 140 valence electrons. The Morgan fingerprint density at radius 3 is 2.30 bits per heavy atom. The van der Waals surface area contributed by atoms with Crippen LogP contribution in [0.3, 0.4) is 0 Å². The van der Waals surface area contributed by atoms with Gasteiger partial charge in [-0.1, -0.05) is 18.2 Å². The molecule has 1 aromatic heterocycles. The molecule has 0 aliphatic carbocycles. The van der Waals surface area contributed by atoms with E-state index in [1.807, 2.05) is 25.3 Å². The maximum Gasteiger partial charge on any atom is 0.123 e. The van der Waals surface area contributed by atoms with Gasteiger partial charge in [-0.25, -0.2) is 9.37 Å². The van der Waals surface area contributed by atoms with Crippen LogP contribution >= 0.6 is 0 Å². The lowest BCUT2D eigenvalue weighted by molar-refractivity contribution is 0.259. The molecule has 0 radical (unpaired) electrons. The number of anilines is 1. The molecular weight excluding hydrogens is 339 g/mol. The van der Waals surface area contributed by atoms with E-state index in [9.17, 15) is 4.39 Å². The van der Waals surface area contributed by atoms with Crippen LogP contribution in [0.15, 0.2) is 60.8 Å². The van der Waals surface area contributed by atoms with Gasteiger partial charge in [-0.2, -0.15) is 0 Å². The van der Waals surface area contributed by atoms with Crippen LogP contribution in [0.4, 0.5) is 10.1 Å². The van der Waals surface area contributed by atoms with E-state index in [-0.39, 0.29) is 5.82 Å². The van der Waals surface area contributed by atoms with Crippen molar-refractivity contribution in [2.24, 2.45) is 0 Å². The molecule has 1 aliphatic heterocycles. The predicted octanol–water partition coefficient (Wildman–Crippen LogP) is 3.68. The SMILES string of the molecule is Cc1cnc(CCN2CCN(c3ccccc3)CC2)n1-c1ccc(F)cc1. The van der Waals surface area contributed by atoms with Crippen molar-refractivity contribution >= 4 is 5.69 Å². The Balaban J connectivity index is 1.37. The van der Waals surface area contributed by atoms with Gasteiger partial charge in [0.2, 0.25) is 0 Å². The monoisotopic (exact) mass is 364 g/mol. The Labute approximate surface area is 159 Å². The number of para-hydroxylation sites is 1. The van der Waals surface area contributed by atoms with Crippen molar-refractivity contribution in [2.75, 3.05) is 37.6 Å². The average Bonchev–Trinajstić information content (AvgIpc) is 3.08. The molecule has 0 atom stereocenters. The van der Waals surface area contributed by atoms with Crippen LogP contribution in [-0.2, 0) is 6.42 Å². The standard InChI is InChI=1S/C22H25FN4/c1-18-17-24-22(27(18)21-9-7-19(23)8-10-21)11-12-25-13-15-26(16-14-25)20-5-3-2-4-6-20/h2-10,17H,11-16H2,1H3. The number of aromatic nitrogens is 2. The lowest BCUT2D eigenvalue weighted by Crippen LogP contribution is -2.47. The summed E-state index contributed by atoms with van der Waals surface area (Å²) < 4.78 is 15.4. The van der Waals surface area contributed by atoms with Gasteiger partial charge in [0.15, 0.2) is 0 Å². The smallest absolute Gasteiger partial charge is 0.123 e. The van der Waals surface area contributed by atoms with Gasteiger partial charge >= 0.3 is 0 Å². The zero-order valence-corrected chi connectivity index (χ0v) is 15.7. The fraction of sp³-hybridized carbons (Fsp3) is 0.318. The lowest BCUT2D eigenvalue weighted by atomic mass is 10.2. The summed E-state index contributed by atoms with van der Waals surface area (Å²) in [5.74, 6) is 0.818. The van der Waals surface area contributed by atoms with E-state index in [0.717, 1.165) is 56.4 Å². The third kappa shape index (κ3) is 4.03. The lowest BCUT2D eigenvalue weighted by Gasteiger charge is -2.36. The van der Waals surface area contributed by atoms with Crippen molar-refractivity contribution in [1.29, 1.82) is 0 Å². The number of hydrogen-bond donors (Lipinski definition) is 0. The van der Waals surface area contributed by atoms with Crippen molar-refractivity contribution in [2.45, 2.75) is 13.3 Å². The van der Waals surface area contributed by atoms with Crippen LogP contribution in [0.2, 0.25) is 0 Å². The summed E-state index contributed by atoms with van der Waals surface area (Å²) in [5.41, 5.74) is 3.35. The summed E-state index contributed by atoms with van der Waals surface area (Å²) in [4.78, 5) is 9.54. The highest BCUT2D eigenvalue weighted by Crippen LogP contribution is 2.18. The van der Waals surface area contributed by atoms with E-state index in [1.165, 1.54) is 17.8 Å². The van der Waals surface area contributed by atoms with Crippen molar-refractivity contribution in [3.05, 3.63) is 78.1 Å². The Hall–Kier alpha value is -2.66. The summed E-state index contributed by atoms with van der Waals surface area (Å²) in [5, 5.41) is 0. The Kier molecular flexibility index (Phi) is 5.21. The van der Waals surface area contributed by atoms with Gasteiger partial charge < -0.3 is 9.47 Å². The number of piperazine rings is 1. The molecule has 27 heavy (non-hydrogen) atoms. The van der Waals surface area contributed by atoms with Crippen LogP contribution in [0.25, 0.3) is 5.69 Å². The molecule has 4 nitrogen and oxygen atoms in total. The molecule has 3 aromatic rings. The molecule has 0 bridgehead atoms. The average molecular weight is 364 g/mol. The van der Waals surface area contributed by atoms with Gasteiger partial charge in [0, 0.05) is 62.4 Å². The van der Waals surface area contributed by atoms with E-state index in [4.69, 9.17) is 0 Å². The van der Waals surface area contributed by atoms with Crippen LogP contribution in [0.5, 0.6) is 0 Å². The Morgan fingerprint density at radius 1 is 0.889 bits per heavy atom. The fourth-order valence-electron chi connectivity index (χ4n) is 3.73. The third-order valence-corrected chi connectivity index (χ3v) is 5.24. The predicted molar refractivity (Wildman–Crippen MR) is 107 cm³/mol. The molecule has 2 aromatic carbocycles. The zero-order chi connectivity index (χ0) is 18.6. The van der Waals surface area contributed by atoms with Gasteiger partial charge in [0.05, 0.1) is 0 Å². The number of nitrogens with zero attached hydrogens (tertiary/aromatic N) is 4. The molecule has 0 saturated carbocycles. The molecule has 1 saturated heterocycles. The molecule has 4 rings (SSSR count). The highest BCUT2D eigenvalue weighted by atomic mass is 19.1. The highest BCUT2D eigenvalue weighted by molar-refractivity contribution is 5.46. The quantitative estimate of drug-likeness (QED) is 0.690. The van der Waals surface area contributed by atoms with E-state index < -0.39 is 0 Å². The first-order valence-corrected chi connectivity index (χ1v) is 9.52. The van der Waals surface area contributed by atoms with Crippen molar-refractivity contribution < 1.29 is 4.39 Å². The van der Waals surface area contributed by atoms with E-state index >= 15 is 0 Å². The number of hydrogen-bond acceptors (Lipinski definition) is 3. The Bertz CT molecular complexity index is 865. The Morgan fingerprint density at radius 2 is 1.59 bits per heavy atom. The normalized spacial score (nSPS) is 15.3. The molecule has 2 heterocycles. The number of aryl methyl sites for hydroxylation is 1. The largest absolute Gasteiger partial charge is 0.369 e. The first-order chi connectivity index (χ1) is 13.2. The minimum absolute atomic E-state index is 0.214. The number of rotatable bonds is 5. The van der Waals surface area contributed by atoms with Crippen LogP contribution in [0, 0.1) is 12.7 Å². The second-order valence-corrected chi connectivity index (χ2v) is 7.04. The molecule has 0 unspecified atom stereocenters. The molecule has 5 heteroatoms. The van der Waals surface area contributed by atoms with Crippen LogP contribution in [0.1, 0.15) is 11.5 Å². The molecular formula is C22H25FN4. The van der Waals surface area contributed by atoms with E-state index in [0.29, 0.717) is 0 Å². The number of imidazole rings is 1. The first kappa shape index (κ1) is 17.7. The molecule has 1 fully saturated rings. The number of benzene rings is 2. The van der Waals surface area contributed by atoms with Gasteiger partial charge in [-0.15, -0.1) is 0 Å². The van der Waals surface area contributed by atoms with E-state index in [1.54, 1.807) is 0 Å². The summed E-state index contributed by atoms with van der Waals surface area (Å²) in [7, 11) is 0. The first-order valence-electron chi connectivity index (χ1n) is 9.52. The second kappa shape index (κ2) is 7.92. The number of halogens is 1. The molecule has 1 aliphatic rings. The second-order valence-electron chi connectivity index (χ2n) is 7.04. The molecule has 0 spiro atoms. The minimum Gasteiger partial charge on any atom is -0.369 e. The van der Waals surface area contributed by atoms with Crippen molar-refractivity contribution in [1.82, 2.24) is 14.5 Å². The van der Waals surface area contributed by atoms with Gasteiger partial charge in [0.1, 0.15) is 11.6 Å². The molecule has 0 amide bonds. The summed E-state index contributed by atoms with van der Waals surface area (Å²) >= 11 is 0. The maximum atomic E-state index is 13.2. The van der Waals surface area contributed by atoms with Gasteiger partial charge in [-0.05, 0) is 43.3 Å². The molecule has 0 N–H and O–H groups in total. The fourth-order valence-corrected chi connectivity index (χ4v) is 3.73. The van der Waals surface area contributed by atoms with E-state index in [2.05, 4.69) is 49.7 Å². The topological polar surface area (TPSA) is 24.3 Å². The summed E-state index contributed by atoms with van der Waals surface area (Å²) in [6.45, 7) is 7.25. The van der Waals surface area contributed by atoms with Crippen LogP contribution in [-0.4, -0.2) is 47.2 Å². The summed E-state index contributed by atoms with van der Waals surface area (Å²) in [6.07, 6.45) is 2.78. The van der Waals surface area contributed by atoms with Gasteiger partial charge in [0.25, 0.3) is 0 Å². The van der Waals surface area contributed by atoms with Crippen LogP contribution < -0.4 is 4.90 Å². The minimum atomic E-state index is -0.214. The van der Waals surface area contributed by atoms with Crippen molar-refractivity contribution in [3.63, 3.8) is 0 Å². The third-order valence-electron chi connectivity index (χ3n) is 5.24.